The lowest BCUT2D eigenvalue weighted by molar-refractivity contribution is 0.396. The van der Waals surface area contributed by atoms with Gasteiger partial charge < -0.3 is 15.0 Å². The van der Waals surface area contributed by atoms with Gasteiger partial charge in [0.15, 0.2) is 10.9 Å². The third kappa shape index (κ3) is 4.88. The molecule has 0 amide bonds. The van der Waals surface area contributed by atoms with Gasteiger partial charge in [-0.1, -0.05) is 18.2 Å². The third-order valence-corrected chi connectivity index (χ3v) is 4.60. The first-order chi connectivity index (χ1) is 12.2. The van der Waals surface area contributed by atoms with Gasteiger partial charge in [-0.15, -0.1) is 35.3 Å². The molecular weight excluding hydrogens is 461 g/mol. The number of rotatable bonds is 6. The number of ether oxygens (including phenoxy) is 1. The summed E-state index contributed by atoms with van der Waals surface area (Å²) in [6.45, 7) is 4.15. The largest absolute Gasteiger partial charge is 0.496 e. The van der Waals surface area contributed by atoms with Crippen LogP contribution in [0.4, 0.5) is 0 Å². The standard InChI is InChI=1S/C18H23N5OS.HI/c1-4-19-17(20-11-15-13-23-9-10-25-18(23)21-15)22(2)12-14-7-5-6-8-16(14)24-3;/h5-10,13H,4,11-12H2,1-3H3,(H,19,20);1H. The number of guanidine groups is 1. The maximum atomic E-state index is 5.44. The second-order valence-electron chi connectivity index (χ2n) is 5.66. The molecule has 0 radical (unpaired) electrons. The number of thiazole rings is 1. The molecule has 0 unspecified atom stereocenters. The van der Waals surface area contributed by atoms with Gasteiger partial charge in [0.05, 0.1) is 19.3 Å². The minimum absolute atomic E-state index is 0. The highest BCUT2D eigenvalue weighted by molar-refractivity contribution is 14.0. The molecule has 0 bridgehead atoms. The molecule has 0 spiro atoms. The van der Waals surface area contributed by atoms with Gasteiger partial charge in [0.25, 0.3) is 0 Å². The predicted molar refractivity (Wildman–Crippen MR) is 118 cm³/mol. The van der Waals surface area contributed by atoms with Crippen LogP contribution in [0.3, 0.4) is 0 Å². The number of methoxy groups -OCH3 is 1. The zero-order valence-electron chi connectivity index (χ0n) is 15.2. The fourth-order valence-electron chi connectivity index (χ4n) is 2.64. The van der Waals surface area contributed by atoms with E-state index in [9.17, 15) is 0 Å². The van der Waals surface area contributed by atoms with Gasteiger partial charge in [0, 0.05) is 43.5 Å². The lowest BCUT2D eigenvalue weighted by atomic mass is 10.2. The van der Waals surface area contributed by atoms with E-state index >= 15 is 0 Å². The van der Waals surface area contributed by atoms with Crippen LogP contribution in [0, 0.1) is 0 Å². The molecule has 6 nitrogen and oxygen atoms in total. The number of aromatic nitrogens is 2. The highest BCUT2D eigenvalue weighted by atomic mass is 127. The van der Waals surface area contributed by atoms with Crippen LogP contribution in [0.2, 0.25) is 0 Å². The van der Waals surface area contributed by atoms with E-state index in [4.69, 9.17) is 9.73 Å². The zero-order valence-corrected chi connectivity index (χ0v) is 18.3. The fraction of sp³-hybridized carbons (Fsp3) is 0.333. The molecule has 0 aliphatic carbocycles. The molecule has 1 N–H and O–H groups in total. The maximum Gasteiger partial charge on any atom is 0.194 e. The Kier molecular flexibility index (Phi) is 7.70. The van der Waals surface area contributed by atoms with Gasteiger partial charge in [-0.05, 0) is 13.0 Å². The average Bonchev–Trinajstić information content (AvgIpc) is 3.20. The van der Waals surface area contributed by atoms with Gasteiger partial charge in [-0.25, -0.2) is 9.98 Å². The van der Waals surface area contributed by atoms with Crippen molar-refractivity contribution in [1.29, 1.82) is 0 Å². The minimum atomic E-state index is 0. The van der Waals surface area contributed by atoms with Crippen molar-refractivity contribution in [2.24, 2.45) is 4.99 Å². The molecule has 0 aliphatic rings. The first-order valence-electron chi connectivity index (χ1n) is 8.23. The second kappa shape index (κ2) is 9.77. The number of fused-ring (bicyclic) bond motifs is 1. The molecule has 1 aromatic carbocycles. The Balaban J connectivity index is 0.00000243. The van der Waals surface area contributed by atoms with Gasteiger partial charge >= 0.3 is 0 Å². The van der Waals surface area contributed by atoms with Crippen molar-refractivity contribution in [2.45, 2.75) is 20.0 Å². The molecule has 0 saturated heterocycles. The Morgan fingerprint density at radius 2 is 2.19 bits per heavy atom. The first-order valence-corrected chi connectivity index (χ1v) is 9.11. The summed E-state index contributed by atoms with van der Waals surface area (Å²) in [6, 6.07) is 8.05. The number of halogens is 1. The summed E-state index contributed by atoms with van der Waals surface area (Å²) in [6.07, 6.45) is 4.04. The number of nitrogens with zero attached hydrogens (tertiary/aromatic N) is 4. The number of aliphatic imine (C=N–C) groups is 1. The van der Waals surface area contributed by atoms with Crippen LogP contribution in [0.5, 0.6) is 5.75 Å². The number of nitrogens with one attached hydrogen (secondary N) is 1. The number of hydrogen-bond acceptors (Lipinski definition) is 4. The average molecular weight is 485 g/mol. The van der Waals surface area contributed by atoms with Crippen LogP contribution < -0.4 is 10.1 Å². The summed E-state index contributed by atoms with van der Waals surface area (Å²) >= 11 is 1.63. The molecule has 3 rings (SSSR count). The predicted octanol–water partition coefficient (Wildman–Crippen LogP) is 3.62. The summed E-state index contributed by atoms with van der Waals surface area (Å²) in [7, 11) is 3.72. The van der Waals surface area contributed by atoms with E-state index in [1.54, 1.807) is 18.4 Å². The molecule has 0 aliphatic heterocycles. The van der Waals surface area contributed by atoms with Crippen LogP contribution in [0.25, 0.3) is 4.96 Å². The van der Waals surface area contributed by atoms with Gasteiger partial charge in [-0.3, -0.25) is 4.40 Å². The van der Waals surface area contributed by atoms with E-state index in [0.717, 1.165) is 34.5 Å². The number of hydrogen-bond donors (Lipinski definition) is 1. The second-order valence-corrected chi connectivity index (χ2v) is 6.54. The van der Waals surface area contributed by atoms with Crippen LogP contribution in [0.15, 0.2) is 47.0 Å². The summed E-state index contributed by atoms with van der Waals surface area (Å²) < 4.78 is 7.47. The van der Waals surface area contributed by atoms with Gasteiger partial charge in [-0.2, -0.15) is 0 Å². The minimum Gasteiger partial charge on any atom is -0.496 e. The SMILES string of the molecule is CCNC(=NCc1cn2ccsc2n1)N(C)Cc1ccccc1OC.I. The zero-order chi connectivity index (χ0) is 17.6. The molecule has 0 fully saturated rings. The number of para-hydroxylation sites is 1. The monoisotopic (exact) mass is 485 g/mol. The van der Waals surface area contributed by atoms with E-state index in [-0.39, 0.29) is 24.0 Å². The first kappa shape index (κ1) is 20.5. The molecule has 3 aromatic rings. The van der Waals surface area contributed by atoms with Crippen molar-refractivity contribution < 1.29 is 4.74 Å². The van der Waals surface area contributed by atoms with E-state index in [0.29, 0.717) is 13.1 Å². The van der Waals surface area contributed by atoms with Crippen molar-refractivity contribution >= 4 is 46.2 Å². The van der Waals surface area contributed by atoms with Crippen molar-refractivity contribution in [3.63, 3.8) is 0 Å². The molecule has 140 valence electrons. The Morgan fingerprint density at radius 3 is 2.92 bits per heavy atom. The maximum absolute atomic E-state index is 5.44. The summed E-state index contributed by atoms with van der Waals surface area (Å²) in [5.41, 5.74) is 2.09. The van der Waals surface area contributed by atoms with E-state index < -0.39 is 0 Å². The Bertz CT molecular complexity index is 832. The molecule has 26 heavy (non-hydrogen) atoms. The summed E-state index contributed by atoms with van der Waals surface area (Å²) in [5, 5.41) is 5.37. The molecule has 2 aromatic heterocycles. The van der Waals surface area contributed by atoms with Crippen LogP contribution in [-0.4, -0.2) is 40.9 Å². The summed E-state index contributed by atoms with van der Waals surface area (Å²) in [4.78, 5) is 12.4. The van der Waals surface area contributed by atoms with Crippen LogP contribution >= 0.6 is 35.3 Å². The van der Waals surface area contributed by atoms with E-state index in [1.807, 2.05) is 47.4 Å². The summed E-state index contributed by atoms with van der Waals surface area (Å²) in [5.74, 6) is 1.74. The normalized spacial score (nSPS) is 11.3. The van der Waals surface area contributed by atoms with E-state index in [1.165, 1.54) is 0 Å². The third-order valence-electron chi connectivity index (χ3n) is 3.83. The molecular formula is C18H24IN5OS. The number of imidazole rings is 1. The van der Waals surface area contributed by atoms with E-state index in [2.05, 4.69) is 28.2 Å². The Morgan fingerprint density at radius 1 is 1.38 bits per heavy atom. The Hall–Kier alpha value is -1.81. The highest BCUT2D eigenvalue weighted by Gasteiger charge is 2.10. The van der Waals surface area contributed by atoms with Crippen molar-refractivity contribution in [3.05, 3.63) is 53.3 Å². The quantitative estimate of drug-likeness (QED) is 0.329. The van der Waals surface area contributed by atoms with Gasteiger partial charge in [0.2, 0.25) is 0 Å². The van der Waals surface area contributed by atoms with Crippen molar-refractivity contribution in [3.8, 4) is 5.75 Å². The van der Waals surface area contributed by atoms with Crippen molar-refractivity contribution in [2.75, 3.05) is 20.7 Å². The smallest absolute Gasteiger partial charge is 0.194 e. The van der Waals surface area contributed by atoms with Gasteiger partial charge in [0.1, 0.15) is 5.75 Å². The Labute approximate surface area is 174 Å². The number of benzene rings is 1. The fourth-order valence-corrected chi connectivity index (χ4v) is 3.36. The molecule has 8 heteroatoms. The van der Waals surface area contributed by atoms with Crippen LogP contribution in [-0.2, 0) is 13.1 Å². The highest BCUT2D eigenvalue weighted by Crippen LogP contribution is 2.19. The lowest BCUT2D eigenvalue weighted by Gasteiger charge is -2.23. The molecule has 2 heterocycles. The molecule has 0 atom stereocenters. The topological polar surface area (TPSA) is 54.2 Å². The van der Waals surface area contributed by atoms with Crippen molar-refractivity contribution in [1.82, 2.24) is 19.6 Å². The lowest BCUT2D eigenvalue weighted by Crippen LogP contribution is -2.38. The molecule has 0 saturated carbocycles. The van der Waals surface area contributed by atoms with Crippen LogP contribution in [0.1, 0.15) is 18.2 Å².